The van der Waals surface area contributed by atoms with Gasteiger partial charge in [-0.2, -0.15) is 0 Å². The van der Waals surface area contributed by atoms with Crippen LogP contribution in [0.5, 0.6) is 0 Å². The topological polar surface area (TPSA) is 72.1 Å². The summed E-state index contributed by atoms with van der Waals surface area (Å²) in [5, 5.41) is 8.28. The van der Waals surface area contributed by atoms with Crippen LogP contribution in [-0.2, 0) is 4.79 Å². The van der Waals surface area contributed by atoms with E-state index in [0.717, 1.165) is 27.4 Å². The lowest BCUT2D eigenvalue weighted by Gasteiger charge is -2.30. The number of likely N-dealkylation sites (tertiary alicyclic amines) is 1. The van der Waals surface area contributed by atoms with Crippen LogP contribution < -0.4 is 0 Å². The molecule has 0 bridgehead atoms. The van der Waals surface area contributed by atoms with E-state index >= 15 is 0 Å². The van der Waals surface area contributed by atoms with Crippen molar-refractivity contribution in [3.05, 3.63) is 60.2 Å². The summed E-state index contributed by atoms with van der Waals surface area (Å²) < 4.78 is 21.0. The molecule has 0 N–H and O–H groups in total. The number of carbonyl (C=O) groups is 1. The van der Waals surface area contributed by atoms with Gasteiger partial charge in [0.2, 0.25) is 17.7 Å². The number of carbonyl (C=O) groups excluding carboxylic acids is 1. The molecule has 3 heterocycles. The first-order valence-corrected chi connectivity index (χ1v) is 11.8. The second-order valence-electron chi connectivity index (χ2n) is 7.34. The Balaban J connectivity index is 1.15. The predicted molar refractivity (Wildman–Crippen MR) is 119 cm³/mol. The van der Waals surface area contributed by atoms with E-state index in [1.54, 1.807) is 23.5 Å². The Morgan fingerprint density at radius 3 is 2.68 bits per heavy atom. The third-order valence-electron chi connectivity index (χ3n) is 5.32. The summed E-state index contributed by atoms with van der Waals surface area (Å²) in [6, 6.07) is 14.0. The molecule has 9 heteroatoms. The van der Waals surface area contributed by atoms with E-state index in [2.05, 4.69) is 15.2 Å². The molecule has 0 unspecified atom stereocenters. The van der Waals surface area contributed by atoms with Gasteiger partial charge in [-0.15, -0.1) is 21.5 Å². The molecule has 1 aliphatic rings. The highest BCUT2D eigenvalue weighted by molar-refractivity contribution is 8.01. The van der Waals surface area contributed by atoms with Gasteiger partial charge in [-0.05, 0) is 49.2 Å². The number of aromatic nitrogens is 3. The smallest absolute Gasteiger partial charge is 0.247 e. The van der Waals surface area contributed by atoms with Crippen molar-refractivity contribution in [3.63, 3.8) is 0 Å². The Labute approximate surface area is 186 Å². The summed E-state index contributed by atoms with van der Waals surface area (Å²) in [4.78, 5) is 19.1. The zero-order valence-electron chi connectivity index (χ0n) is 16.5. The number of rotatable bonds is 5. The fourth-order valence-corrected chi connectivity index (χ4v) is 5.58. The molecule has 31 heavy (non-hydrogen) atoms. The van der Waals surface area contributed by atoms with Crippen LogP contribution in [0.1, 0.15) is 24.7 Å². The molecule has 0 spiro atoms. The van der Waals surface area contributed by atoms with Gasteiger partial charge in [-0.1, -0.05) is 23.9 Å². The van der Waals surface area contributed by atoms with E-state index in [0.29, 0.717) is 36.2 Å². The molecule has 0 saturated carbocycles. The zero-order valence-corrected chi connectivity index (χ0v) is 18.2. The van der Waals surface area contributed by atoms with Crippen molar-refractivity contribution in [1.82, 2.24) is 20.1 Å². The molecule has 1 aliphatic heterocycles. The number of thioether (sulfide) groups is 1. The van der Waals surface area contributed by atoms with Crippen molar-refractivity contribution in [3.8, 4) is 11.5 Å². The van der Waals surface area contributed by atoms with E-state index in [9.17, 15) is 9.18 Å². The minimum Gasteiger partial charge on any atom is -0.420 e. The molecule has 1 amide bonds. The highest BCUT2D eigenvalue weighted by Crippen LogP contribution is 2.32. The lowest BCUT2D eigenvalue weighted by atomic mass is 9.97. The van der Waals surface area contributed by atoms with Crippen LogP contribution >= 0.6 is 23.1 Å². The number of nitrogens with zero attached hydrogens (tertiary/aromatic N) is 4. The van der Waals surface area contributed by atoms with Crippen molar-refractivity contribution in [2.24, 2.45) is 0 Å². The summed E-state index contributed by atoms with van der Waals surface area (Å²) in [5.74, 6) is 1.31. The van der Waals surface area contributed by atoms with Crippen LogP contribution in [0.2, 0.25) is 0 Å². The maximum atomic E-state index is 13.1. The van der Waals surface area contributed by atoms with E-state index in [4.69, 9.17) is 4.42 Å². The van der Waals surface area contributed by atoms with E-state index in [-0.39, 0.29) is 17.6 Å². The molecule has 5 rings (SSSR count). The average Bonchev–Trinajstić information content (AvgIpc) is 3.45. The lowest BCUT2D eigenvalue weighted by molar-refractivity contribution is -0.129. The Morgan fingerprint density at radius 2 is 1.90 bits per heavy atom. The van der Waals surface area contributed by atoms with Gasteiger partial charge >= 0.3 is 0 Å². The summed E-state index contributed by atoms with van der Waals surface area (Å²) in [7, 11) is 0. The molecule has 0 atom stereocenters. The molecule has 1 saturated heterocycles. The first-order valence-electron chi connectivity index (χ1n) is 10.0. The van der Waals surface area contributed by atoms with Crippen molar-refractivity contribution in [2.75, 3.05) is 18.8 Å². The molecule has 6 nitrogen and oxygen atoms in total. The van der Waals surface area contributed by atoms with Gasteiger partial charge in [0.15, 0.2) is 4.34 Å². The number of benzene rings is 2. The third-order valence-corrected chi connectivity index (χ3v) is 7.49. The molecular formula is C22H19FN4O2S2. The van der Waals surface area contributed by atoms with Crippen molar-refractivity contribution >= 4 is 39.2 Å². The van der Waals surface area contributed by atoms with Gasteiger partial charge < -0.3 is 9.32 Å². The van der Waals surface area contributed by atoms with E-state index in [1.807, 2.05) is 29.2 Å². The lowest BCUT2D eigenvalue weighted by Crippen LogP contribution is -2.39. The number of piperidine rings is 1. The largest absolute Gasteiger partial charge is 0.420 e. The maximum absolute atomic E-state index is 13.1. The standard InChI is InChI=1S/C22H19FN4O2S2/c23-16-7-5-14(6-8-16)20-25-26-21(29-20)15-9-11-27(12-10-15)19(28)13-30-22-24-17-3-1-2-4-18(17)31-22/h1-8,15H,9-13H2. The van der Waals surface area contributed by atoms with E-state index < -0.39 is 0 Å². The molecule has 158 valence electrons. The SMILES string of the molecule is O=C(CSc1nc2ccccc2s1)N1CCC(c2nnc(-c3ccc(F)cc3)o2)CC1. The van der Waals surface area contributed by atoms with Crippen LogP contribution in [-0.4, -0.2) is 44.8 Å². The summed E-state index contributed by atoms with van der Waals surface area (Å²) in [6.07, 6.45) is 1.56. The second kappa shape index (κ2) is 8.76. The van der Waals surface area contributed by atoms with Crippen LogP contribution in [0.4, 0.5) is 4.39 Å². The van der Waals surface area contributed by atoms with Crippen molar-refractivity contribution < 1.29 is 13.6 Å². The molecule has 2 aromatic heterocycles. The van der Waals surface area contributed by atoms with Crippen molar-refractivity contribution in [1.29, 1.82) is 0 Å². The van der Waals surface area contributed by atoms with Gasteiger partial charge in [0, 0.05) is 24.6 Å². The van der Waals surface area contributed by atoms with Crippen LogP contribution in [0.15, 0.2) is 57.3 Å². The third kappa shape index (κ3) is 4.47. The van der Waals surface area contributed by atoms with Crippen LogP contribution in [0, 0.1) is 5.82 Å². The second-order valence-corrected chi connectivity index (χ2v) is 9.60. The molecule has 4 aromatic rings. The summed E-state index contributed by atoms with van der Waals surface area (Å²) in [5.41, 5.74) is 1.67. The Morgan fingerprint density at radius 1 is 1.13 bits per heavy atom. The molecular weight excluding hydrogens is 435 g/mol. The number of hydrogen-bond acceptors (Lipinski definition) is 7. The minimum atomic E-state index is -0.304. The number of thiazole rings is 1. The first kappa shape index (κ1) is 20.1. The van der Waals surface area contributed by atoms with Gasteiger partial charge in [0.25, 0.3) is 0 Å². The maximum Gasteiger partial charge on any atom is 0.247 e. The van der Waals surface area contributed by atoms with Crippen molar-refractivity contribution in [2.45, 2.75) is 23.1 Å². The number of hydrogen-bond donors (Lipinski definition) is 0. The molecule has 0 radical (unpaired) electrons. The Hall–Kier alpha value is -2.78. The molecule has 0 aliphatic carbocycles. The first-order chi connectivity index (χ1) is 15.2. The fourth-order valence-electron chi connectivity index (χ4n) is 3.61. The monoisotopic (exact) mass is 454 g/mol. The highest BCUT2D eigenvalue weighted by Gasteiger charge is 2.27. The number of fused-ring (bicyclic) bond motifs is 1. The van der Waals surface area contributed by atoms with Crippen LogP contribution in [0.25, 0.3) is 21.7 Å². The van der Waals surface area contributed by atoms with Gasteiger partial charge in [0.1, 0.15) is 5.82 Å². The fraction of sp³-hybridized carbons (Fsp3) is 0.273. The van der Waals surface area contributed by atoms with E-state index in [1.165, 1.54) is 23.9 Å². The number of amides is 1. The van der Waals surface area contributed by atoms with Gasteiger partial charge in [-0.25, -0.2) is 9.37 Å². The van der Waals surface area contributed by atoms with Crippen LogP contribution in [0.3, 0.4) is 0 Å². The molecule has 1 fully saturated rings. The number of para-hydroxylation sites is 1. The Kier molecular flexibility index (Phi) is 5.69. The average molecular weight is 455 g/mol. The quantitative estimate of drug-likeness (QED) is 0.396. The Bertz CT molecular complexity index is 1170. The minimum absolute atomic E-state index is 0.125. The number of halogens is 1. The summed E-state index contributed by atoms with van der Waals surface area (Å²) in [6.45, 7) is 1.33. The normalized spacial score (nSPS) is 14.9. The summed E-state index contributed by atoms with van der Waals surface area (Å²) >= 11 is 3.11. The van der Waals surface area contributed by atoms with Gasteiger partial charge in [-0.3, -0.25) is 4.79 Å². The van der Waals surface area contributed by atoms with Gasteiger partial charge in [0.05, 0.1) is 16.0 Å². The molecule has 2 aromatic carbocycles. The predicted octanol–water partition coefficient (Wildman–Crippen LogP) is 4.98. The zero-order chi connectivity index (χ0) is 21.2. The highest BCUT2D eigenvalue weighted by atomic mass is 32.2.